The molecule has 0 bridgehead atoms. The number of carbonyl (C=O) groups excluding carboxylic acids is 2. The van der Waals surface area contributed by atoms with Gasteiger partial charge >= 0.3 is 11.9 Å². The van der Waals surface area contributed by atoms with Crippen molar-refractivity contribution in [3.63, 3.8) is 0 Å². The van der Waals surface area contributed by atoms with E-state index in [4.69, 9.17) is 9.47 Å². The van der Waals surface area contributed by atoms with Gasteiger partial charge in [0.1, 0.15) is 6.61 Å². The summed E-state index contributed by atoms with van der Waals surface area (Å²) in [5.74, 6) is -0.668. The van der Waals surface area contributed by atoms with E-state index in [-0.39, 0.29) is 31.6 Å². The number of rotatable bonds is 33. The third kappa shape index (κ3) is 35.9. The summed E-state index contributed by atoms with van der Waals surface area (Å²) >= 11 is 0. The molecule has 272 valence electrons. The highest BCUT2D eigenvalue weighted by Gasteiger charge is 2.15. The minimum absolute atomic E-state index is 0.0923. The summed E-state index contributed by atoms with van der Waals surface area (Å²) < 4.78 is 10.5. The van der Waals surface area contributed by atoms with Crippen LogP contribution in [0.5, 0.6) is 0 Å². The molecular weight excluding hydrogens is 596 g/mol. The van der Waals surface area contributed by atoms with Crippen molar-refractivity contribution in [1.29, 1.82) is 0 Å². The lowest BCUT2D eigenvalue weighted by Gasteiger charge is -2.15. The zero-order valence-corrected chi connectivity index (χ0v) is 30.7. The largest absolute Gasteiger partial charge is 0.462 e. The highest BCUT2D eigenvalue weighted by Crippen LogP contribution is 2.12. The van der Waals surface area contributed by atoms with Crippen LogP contribution in [0.4, 0.5) is 0 Å². The van der Waals surface area contributed by atoms with Gasteiger partial charge in [-0.2, -0.15) is 0 Å². The molecule has 0 rings (SSSR count). The topological polar surface area (TPSA) is 72.8 Å². The third-order valence-electron chi connectivity index (χ3n) is 7.70. The van der Waals surface area contributed by atoms with Crippen LogP contribution in [0.2, 0.25) is 0 Å². The number of carbonyl (C=O) groups is 2. The molecular formula is C43H70O5. The maximum atomic E-state index is 12.1. The number of hydrogen-bond acceptors (Lipinski definition) is 5. The van der Waals surface area contributed by atoms with Crippen LogP contribution in [-0.2, 0) is 19.1 Å². The van der Waals surface area contributed by atoms with Crippen molar-refractivity contribution >= 4 is 11.9 Å². The molecule has 1 atom stereocenters. The molecule has 0 fully saturated rings. The van der Waals surface area contributed by atoms with Crippen LogP contribution < -0.4 is 0 Å². The Morgan fingerprint density at radius 1 is 0.500 bits per heavy atom. The van der Waals surface area contributed by atoms with Gasteiger partial charge in [0, 0.05) is 12.8 Å². The molecule has 48 heavy (non-hydrogen) atoms. The Morgan fingerprint density at radius 3 is 1.33 bits per heavy atom. The Labute approximate surface area is 295 Å². The van der Waals surface area contributed by atoms with Gasteiger partial charge in [-0.05, 0) is 64.2 Å². The van der Waals surface area contributed by atoms with Gasteiger partial charge < -0.3 is 14.6 Å². The van der Waals surface area contributed by atoms with E-state index in [9.17, 15) is 14.7 Å². The molecule has 0 spiro atoms. The van der Waals surface area contributed by atoms with Crippen LogP contribution in [0.25, 0.3) is 0 Å². The standard InChI is InChI=1S/C43H70O5/c1-3-5-7-9-11-13-15-16-17-18-19-20-21-22-23-24-25-26-28-30-32-34-36-38-43(46)48-41(39-44)40-47-42(45)37-35-33-31-29-27-14-12-10-8-6-4-2/h5,7,11,13,16-17,19-20,22-23,25-26,30,32,41,44H,3-4,6,8-10,12,14-15,18,21,24,27-29,31,33-40H2,1-2H3/b7-5-,13-11-,17-16-,20-19-,23-22-,26-25-,32-30-. The van der Waals surface area contributed by atoms with Crippen molar-refractivity contribution in [2.24, 2.45) is 0 Å². The van der Waals surface area contributed by atoms with Gasteiger partial charge in [0.05, 0.1) is 6.61 Å². The van der Waals surface area contributed by atoms with E-state index in [1.807, 2.05) is 0 Å². The van der Waals surface area contributed by atoms with E-state index in [1.165, 1.54) is 51.4 Å². The normalized spacial score (nSPS) is 13.1. The molecule has 1 unspecified atom stereocenters. The summed E-state index contributed by atoms with van der Waals surface area (Å²) in [6, 6.07) is 0. The number of hydrogen-bond donors (Lipinski definition) is 1. The number of aliphatic hydroxyl groups excluding tert-OH is 1. The molecule has 0 radical (unpaired) electrons. The molecule has 0 amide bonds. The first-order chi connectivity index (χ1) is 23.6. The second kappa shape index (κ2) is 38.5. The van der Waals surface area contributed by atoms with Crippen molar-refractivity contribution < 1.29 is 24.2 Å². The number of esters is 2. The van der Waals surface area contributed by atoms with Crippen LogP contribution in [0.1, 0.15) is 155 Å². The lowest BCUT2D eigenvalue weighted by atomic mass is 10.1. The molecule has 0 aromatic heterocycles. The summed E-state index contributed by atoms with van der Waals surface area (Å²) in [4.78, 5) is 24.2. The fourth-order valence-corrected chi connectivity index (χ4v) is 4.84. The zero-order valence-electron chi connectivity index (χ0n) is 30.7. The zero-order chi connectivity index (χ0) is 35.0. The number of aliphatic hydroxyl groups is 1. The van der Waals surface area contributed by atoms with Crippen LogP contribution in [-0.4, -0.2) is 36.4 Å². The second-order valence-electron chi connectivity index (χ2n) is 12.3. The van der Waals surface area contributed by atoms with Crippen LogP contribution in [0.3, 0.4) is 0 Å². The minimum atomic E-state index is -0.803. The Morgan fingerprint density at radius 2 is 0.896 bits per heavy atom. The van der Waals surface area contributed by atoms with E-state index >= 15 is 0 Å². The van der Waals surface area contributed by atoms with Gasteiger partial charge in [-0.1, -0.05) is 163 Å². The fourth-order valence-electron chi connectivity index (χ4n) is 4.84. The lowest BCUT2D eigenvalue weighted by Crippen LogP contribution is -2.28. The van der Waals surface area contributed by atoms with Crippen molar-refractivity contribution in [3.8, 4) is 0 Å². The molecule has 0 aromatic carbocycles. The van der Waals surface area contributed by atoms with E-state index in [1.54, 1.807) is 0 Å². The Kier molecular flexibility index (Phi) is 36.2. The first kappa shape index (κ1) is 45.1. The van der Waals surface area contributed by atoms with Crippen LogP contribution in [0.15, 0.2) is 85.1 Å². The molecule has 0 aromatic rings. The van der Waals surface area contributed by atoms with Crippen molar-refractivity contribution in [2.75, 3.05) is 13.2 Å². The molecule has 0 aliphatic rings. The first-order valence-electron chi connectivity index (χ1n) is 19.1. The molecule has 0 aliphatic heterocycles. The van der Waals surface area contributed by atoms with Gasteiger partial charge in [0.25, 0.3) is 0 Å². The molecule has 1 N–H and O–H groups in total. The molecule has 0 aliphatic carbocycles. The number of ether oxygens (including phenoxy) is 2. The smallest absolute Gasteiger partial charge is 0.306 e. The first-order valence-corrected chi connectivity index (χ1v) is 19.1. The predicted octanol–water partition coefficient (Wildman–Crippen LogP) is 11.9. The summed E-state index contributed by atoms with van der Waals surface area (Å²) in [5, 5.41) is 9.52. The van der Waals surface area contributed by atoms with Crippen LogP contribution >= 0.6 is 0 Å². The van der Waals surface area contributed by atoms with E-state index in [2.05, 4.69) is 98.9 Å². The number of unbranched alkanes of at least 4 members (excludes halogenated alkanes) is 11. The van der Waals surface area contributed by atoms with Gasteiger partial charge in [0.2, 0.25) is 0 Å². The van der Waals surface area contributed by atoms with Gasteiger partial charge in [-0.15, -0.1) is 0 Å². The Bertz CT molecular complexity index is 937. The molecule has 0 heterocycles. The van der Waals surface area contributed by atoms with E-state index in [0.29, 0.717) is 12.8 Å². The fraction of sp³-hybridized carbons (Fsp3) is 0.628. The van der Waals surface area contributed by atoms with Crippen molar-refractivity contribution in [1.82, 2.24) is 0 Å². The summed E-state index contributed by atoms with van der Waals surface area (Å²) in [7, 11) is 0. The average molecular weight is 667 g/mol. The quantitative estimate of drug-likeness (QED) is 0.0429. The monoisotopic (exact) mass is 667 g/mol. The maximum absolute atomic E-state index is 12.1. The van der Waals surface area contributed by atoms with Gasteiger partial charge in [-0.3, -0.25) is 9.59 Å². The molecule has 5 heteroatoms. The van der Waals surface area contributed by atoms with Crippen LogP contribution in [0, 0.1) is 0 Å². The minimum Gasteiger partial charge on any atom is -0.462 e. The maximum Gasteiger partial charge on any atom is 0.306 e. The summed E-state index contributed by atoms with van der Waals surface area (Å²) in [6.45, 7) is 3.95. The molecule has 5 nitrogen and oxygen atoms in total. The Balaban J connectivity index is 3.74. The highest BCUT2D eigenvalue weighted by atomic mass is 16.6. The predicted molar refractivity (Wildman–Crippen MR) is 205 cm³/mol. The van der Waals surface area contributed by atoms with Gasteiger partial charge in [-0.25, -0.2) is 0 Å². The summed E-state index contributed by atoms with van der Waals surface area (Å²) in [6.07, 6.45) is 52.2. The Hall–Kier alpha value is -2.92. The van der Waals surface area contributed by atoms with Gasteiger partial charge in [0.15, 0.2) is 6.10 Å². The SMILES string of the molecule is CC/C=C\C/C=C\C/C=C\C/C=C\C/C=C\C/C=C\C/C=C\CCCC(=O)OC(CO)COC(=O)CCCCCCCCCCCCC. The second-order valence-corrected chi connectivity index (χ2v) is 12.3. The molecule has 0 saturated heterocycles. The van der Waals surface area contributed by atoms with Crippen molar-refractivity contribution in [2.45, 2.75) is 161 Å². The van der Waals surface area contributed by atoms with E-state index < -0.39 is 6.10 Å². The number of allylic oxidation sites excluding steroid dienone is 14. The lowest BCUT2D eigenvalue weighted by molar-refractivity contribution is -0.161. The van der Waals surface area contributed by atoms with E-state index in [0.717, 1.165) is 70.6 Å². The highest BCUT2D eigenvalue weighted by molar-refractivity contribution is 5.70. The van der Waals surface area contributed by atoms with Crippen molar-refractivity contribution in [3.05, 3.63) is 85.1 Å². The average Bonchev–Trinajstić information content (AvgIpc) is 3.09. The molecule has 0 saturated carbocycles. The summed E-state index contributed by atoms with van der Waals surface area (Å²) in [5.41, 5.74) is 0. The third-order valence-corrected chi connectivity index (χ3v) is 7.70.